The molecule has 0 aromatic heterocycles. The number of benzene rings is 2. The highest BCUT2D eigenvalue weighted by Gasteiger charge is 2.40. The van der Waals surface area contributed by atoms with Gasteiger partial charge in [-0.05, 0) is 81.1 Å². The Morgan fingerprint density at radius 3 is 2.32 bits per heavy atom. The molecule has 1 N–H and O–H groups in total. The fraction of sp³-hybridized carbons (Fsp3) is 0.520. The molecular weight excluding hydrogens is 346 g/mol. The molecule has 4 rings (SSSR count). The van der Waals surface area contributed by atoms with Crippen molar-refractivity contribution in [2.45, 2.75) is 44.1 Å². The van der Waals surface area contributed by atoms with Crippen LogP contribution in [-0.4, -0.2) is 41.8 Å². The number of para-hydroxylation sites is 1. The first-order chi connectivity index (χ1) is 13.6. The summed E-state index contributed by atoms with van der Waals surface area (Å²) in [5.74, 6) is 3.36. The van der Waals surface area contributed by atoms with Gasteiger partial charge < -0.3 is 14.7 Å². The molecule has 3 nitrogen and oxygen atoms in total. The summed E-state index contributed by atoms with van der Waals surface area (Å²) in [5, 5.41) is 10.7. The maximum absolute atomic E-state index is 10.7. The molecule has 3 atom stereocenters. The molecule has 2 aromatic carbocycles. The molecule has 0 radical (unpaired) electrons. The van der Waals surface area contributed by atoms with Crippen LogP contribution in [0.2, 0.25) is 0 Å². The maximum Gasteiger partial charge on any atom is 0.119 e. The second kappa shape index (κ2) is 8.67. The van der Waals surface area contributed by atoms with Crippen molar-refractivity contribution >= 4 is 0 Å². The lowest BCUT2D eigenvalue weighted by Crippen LogP contribution is -2.47. The molecule has 2 aliphatic rings. The Kier molecular flexibility index (Phi) is 6.03. The monoisotopic (exact) mass is 379 g/mol. The fourth-order valence-corrected chi connectivity index (χ4v) is 4.71. The first-order valence-electron chi connectivity index (χ1n) is 10.8. The van der Waals surface area contributed by atoms with Crippen LogP contribution in [0.4, 0.5) is 0 Å². The molecule has 28 heavy (non-hydrogen) atoms. The predicted octanol–water partition coefficient (Wildman–Crippen LogP) is 4.72. The molecule has 2 fully saturated rings. The fourth-order valence-electron chi connectivity index (χ4n) is 4.71. The van der Waals surface area contributed by atoms with Crippen LogP contribution < -0.4 is 4.74 Å². The van der Waals surface area contributed by atoms with Gasteiger partial charge in [0, 0.05) is 6.54 Å². The van der Waals surface area contributed by atoms with Crippen LogP contribution in [0.1, 0.15) is 44.1 Å². The molecule has 0 spiro atoms. The molecule has 1 aliphatic heterocycles. The minimum Gasteiger partial charge on any atom is -0.491 e. The van der Waals surface area contributed by atoms with Crippen molar-refractivity contribution < 1.29 is 9.84 Å². The Balaban J connectivity index is 1.17. The first-order valence-corrected chi connectivity index (χ1v) is 10.8. The number of hydrogen-bond donors (Lipinski definition) is 1. The van der Waals surface area contributed by atoms with E-state index < -0.39 is 5.60 Å². The highest BCUT2D eigenvalue weighted by atomic mass is 16.5. The topological polar surface area (TPSA) is 32.7 Å². The SMILES string of the molecule is CC(O)(COc1ccccc1)CN1CCC(C[C@@H]2C[C@H]2c2ccccc2)CC1. The summed E-state index contributed by atoms with van der Waals surface area (Å²) >= 11 is 0. The number of β-amino-alcohol motifs (C(OH)–C–C–N with tert-alkyl or cyclic N) is 1. The summed E-state index contributed by atoms with van der Waals surface area (Å²) in [5.41, 5.74) is 0.705. The summed E-state index contributed by atoms with van der Waals surface area (Å²) in [7, 11) is 0. The zero-order chi connectivity index (χ0) is 19.4. The third kappa shape index (κ3) is 5.36. The summed E-state index contributed by atoms with van der Waals surface area (Å²) in [4.78, 5) is 2.41. The third-order valence-corrected chi connectivity index (χ3v) is 6.35. The van der Waals surface area contributed by atoms with Gasteiger partial charge in [0.25, 0.3) is 0 Å². The number of nitrogens with zero attached hydrogens (tertiary/aromatic N) is 1. The van der Waals surface area contributed by atoms with Crippen LogP contribution in [0.3, 0.4) is 0 Å². The zero-order valence-corrected chi connectivity index (χ0v) is 17.0. The van der Waals surface area contributed by atoms with Gasteiger partial charge in [-0.3, -0.25) is 0 Å². The number of ether oxygens (including phenoxy) is 1. The normalized spacial score (nSPS) is 25.2. The molecule has 150 valence electrons. The standard InChI is InChI=1S/C25H33NO2/c1-25(27,19-28-23-10-6-3-7-11-23)18-26-14-12-20(13-15-26)16-22-17-24(22)21-8-4-2-5-9-21/h2-11,20,22,24,27H,12-19H2,1H3/t22-,24+,25?/m1/s1. The quantitative estimate of drug-likeness (QED) is 0.720. The van der Waals surface area contributed by atoms with Crippen LogP contribution in [0, 0.1) is 11.8 Å². The Morgan fingerprint density at radius 2 is 1.64 bits per heavy atom. The average molecular weight is 380 g/mol. The Hall–Kier alpha value is -1.84. The maximum atomic E-state index is 10.7. The largest absolute Gasteiger partial charge is 0.491 e. The number of rotatable bonds is 8. The number of hydrogen-bond acceptors (Lipinski definition) is 3. The predicted molar refractivity (Wildman–Crippen MR) is 114 cm³/mol. The van der Waals surface area contributed by atoms with Crippen molar-refractivity contribution in [2.75, 3.05) is 26.2 Å². The second-order valence-electron chi connectivity index (χ2n) is 9.07. The van der Waals surface area contributed by atoms with Crippen molar-refractivity contribution in [1.82, 2.24) is 4.90 Å². The van der Waals surface area contributed by atoms with E-state index in [9.17, 15) is 5.11 Å². The van der Waals surface area contributed by atoms with Gasteiger partial charge in [-0.25, -0.2) is 0 Å². The average Bonchev–Trinajstić information content (AvgIpc) is 3.48. The van der Waals surface area contributed by atoms with Gasteiger partial charge in [0.2, 0.25) is 0 Å². The van der Waals surface area contributed by atoms with Crippen LogP contribution in [-0.2, 0) is 0 Å². The Labute approximate surface area is 169 Å². The van der Waals surface area contributed by atoms with E-state index in [1.165, 1.54) is 31.2 Å². The number of likely N-dealkylation sites (tertiary alicyclic amines) is 1. The van der Waals surface area contributed by atoms with Crippen molar-refractivity contribution in [1.29, 1.82) is 0 Å². The van der Waals surface area contributed by atoms with Crippen LogP contribution in [0.15, 0.2) is 60.7 Å². The minimum atomic E-state index is -0.822. The lowest BCUT2D eigenvalue weighted by atomic mass is 9.90. The summed E-state index contributed by atoms with van der Waals surface area (Å²) in [6, 6.07) is 20.8. The van der Waals surface area contributed by atoms with E-state index in [4.69, 9.17) is 4.74 Å². The van der Waals surface area contributed by atoms with Gasteiger partial charge in [0.05, 0.1) is 0 Å². The van der Waals surface area contributed by atoms with E-state index in [-0.39, 0.29) is 0 Å². The molecule has 1 saturated carbocycles. The van der Waals surface area contributed by atoms with E-state index in [0.717, 1.165) is 36.6 Å². The number of piperidine rings is 1. The Morgan fingerprint density at radius 1 is 1.00 bits per heavy atom. The van der Waals surface area contributed by atoms with Gasteiger partial charge in [-0.1, -0.05) is 48.5 Å². The smallest absolute Gasteiger partial charge is 0.119 e. The van der Waals surface area contributed by atoms with Crippen LogP contribution >= 0.6 is 0 Å². The van der Waals surface area contributed by atoms with Crippen molar-refractivity contribution in [3.05, 3.63) is 66.2 Å². The van der Waals surface area contributed by atoms with Gasteiger partial charge in [-0.2, -0.15) is 0 Å². The van der Waals surface area contributed by atoms with Gasteiger partial charge >= 0.3 is 0 Å². The molecular formula is C25H33NO2. The van der Waals surface area contributed by atoms with Crippen LogP contribution in [0.5, 0.6) is 5.75 Å². The number of aliphatic hydroxyl groups is 1. The first kappa shape index (κ1) is 19.5. The lowest BCUT2D eigenvalue weighted by Gasteiger charge is -2.36. The highest BCUT2D eigenvalue weighted by molar-refractivity contribution is 5.25. The lowest BCUT2D eigenvalue weighted by molar-refractivity contribution is -0.0244. The molecule has 1 saturated heterocycles. The van der Waals surface area contributed by atoms with E-state index in [0.29, 0.717) is 13.2 Å². The summed E-state index contributed by atoms with van der Waals surface area (Å²) in [6.45, 7) is 5.08. The third-order valence-electron chi connectivity index (χ3n) is 6.35. The van der Waals surface area contributed by atoms with E-state index in [1.54, 1.807) is 0 Å². The molecule has 0 bridgehead atoms. The molecule has 1 heterocycles. The molecule has 1 unspecified atom stereocenters. The van der Waals surface area contributed by atoms with E-state index >= 15 is 0 Å². The van der Waals surface area contributed by atoms with Crippen LogP contribution in [0.25, 0.3) is 0 Å². The molecule has 3 heteroatoms. The van der Waals surface area contributed by atoms with Crippen molar-refractivity contribution in [3.63, 3.8) is 0 Å². The highest BCUT2D eigenvalue weighted by Crippen LogP contribution is 2.51. The zero-order valence-electron chi connectivity index (χ0n) is 17.0. The van der Waals surface area contributed by atoms with E-state index in [1.807, 2.05) is 37.3 Å². The van der Waals surface area contributed by atoms with Crippen molar-refractivity contribution in [2.24, 2.45) is 11.8 Å². The minimum absolute atomic E-state index is 0.331. The van der Waals surface area contributed by atoms with Gasteiger partial charge in [0.15, 0.2) is 0 Å². The van der Waals surface area contributed by atoms with Gasteiger partial charge in [0.1, 0.15) is 18.0 Å². The molecule has 2 aromatic rings. The second-order valence-corrected chi connectivity index (χ2v) is 9.07. The van der Waals surface area contributed by atoms with Crippen molar-refractivity contribution in [3.8, 4) is 5.75 Å². The molecule has 0 amide bonds. The summed E-state index contributed by atoms with van der Waals surface area (Å²) in [6.07, 6.45) is 5.26. The van der Waals surface area contributed by atoms with E-state index in [2.05, 4.69) is 35.2 Å². The Bertz CT molecular complexity index is 723. The summed E-state index contributed by atoms with van der Waals surface area (Å²) < 4.78 is 5.77. The molecule has 1 aliphatic carbocycles. The van der Waals surface area contributed by atoms with Gasteiger partial charge in [-0.15, -0.1) is 0 Å².